The SMILES string of the molecule is O=C(O)C1(C(=O)O)CC(C(=O)O)(C(=O)O)C(C(=O)O)(C(=O)O)C1(C(=O)O)C(=O)O. The summed E-state index contributed by atoms with van der Waals surface area (Å²) in [5, 5.41) is 75.4. The summed E-state index contributed by atoms with van der Waals surface area (Å²) in [6, 6.07) is 0. The number of hydrogen-bond donors (Lipinski definition) is 8. The van der Waals surface area contributed by atoms with E-state index in [0.29, 0.717) is 0 Å². The molecule has 0 atom stereocenters. The first kappa shape index (κ1) is 22.8. The predicted molar refractivity (Wildman–Crippen MR) is 75.4 cm³/mol. The van der Waals surface area contributed by atoms with Crippen LogP contribution in [0.3, 0.4) is 0 Å². The minimum absolute atomic E-state index is 2.54. The van der Waals surface area contributed by atoms with Crippen molar-refractivity contribution in [2.24, 2.45) is 21.7 Å². The Kier molecular flexibility index (Phi) is 4.83. The summed E-state index contributed by atoms with van der Waals surface area (Å²) in [5.41, 5.74) is -19.1. The Labute approximate surface area is 156 Å². The van der Waals surface area contributed by atoms with Crippen LogP contribution in [0.2, 0.25) is 0 Å². The number of carboxylic acid groups (broad SMARTS) is 8. The third kappa shape index (κ3) is 1.91. The second-order valence-corrected chi connectivity index (χ2v) is 5.93. The molecule has 0 bridgehead atoms. The monoisotopic (exact) mass is 422 g/mol. The van der Waals surface area contributed by atoms with E-state index >= 15 is 0 Å². The highest BCUT2D eigenvalue weighted by atomic mass is 16.4. The molecule has 0 amide bonds. The third-order valence-electron chi connectivity index (χ3n) is 5.12. The fourth-order valence-electron chi connectivity index (χ4n) is 3.98. The smallest absolute Gasteiger partial charge is 0.324 e. The fourth-order valence-corrected chi connectivity index (χ4v) is 3.98. The Balaban J connectivity index is 4.77. The van der Waals surface area contributed by atoms with E-state index in [9.17, 15) is 79.2 Å². The number of hydrogen-bond acceptors (Lipinski definition) is 8. The lowest BCUT2D eigenvalue weighted by Crippen LogP contribution is -2.71. The number of aliphatic carboxylic acids is 8. The highest BCUT2D eigenvalue weighted by Gasteiger charge is 2.98. The van der Waals surface area contributed by atoms with E-state index < -0.39 is 75.8 Å². The molecular weight excluding hydrogens is 412 g/mol. The van der Waals surface area contributed by atoms with Crippen LogP contribution in [0.25, 0.3) is 0 Å². The van der Waals surface area contributed by atoms with Crippen LogP contribution in [0, 0.1) is 21.7 Å². The Morgan fingerprint density at radius 2 is 0.552 bits per heavy atom. The summed E-state index contributed by atoms with van der Waals surface area (Å²) in [5.74, 6) is -24.7. The van der Waals surface area contributed by atoms with Gasteiger partial charge in [0.25, 0.3) is 0 Å². The minimum Gasteiger partial charge on any atom is -0.480 e. The van der Waals surface area contributed by atoms with Gasteiger partial charge in [-0.05, 0) is 0 Å². The van der Waals surface area contributed by atoms with Crippen molar-refractivity contribution < 1.29 is 79.2 Å². The zero-order valence-corrected chi connectivity index (χ0v) is 13.6. The summed E-state index contributed by atoms with van der Waals surface area (Å²) in [4.78, 5) is 94.8. The zero-order chi connectivity index (χ0) is 23.3. The number of carboxylic acids is 8. The molecule has 8 N–H and O–H groups in total. The maximum absolute atomic E-state index is 11.9. The Hall–Kier alpha value is -4.24. The highest BCUT2D eigenvalue weighted by molar-refractivity contribution is 6.27. The van der Waals surface area contributed by atoms with E-state index in [4.69, 9.17) is 0 Å². The molecule has 1 rings (SSSR count). The first-order chi connectivity index (χ1) is 13.0. The summed E-state index contributed by atoms with van der Waals surface area (Å²) in [6.45, 7) is 0. The molecule has 0 saturated heterocycles. The van der Waals surface area contributed by atoms with E-state index in [0.717, 1.165) is 0 Å². The van der Waals surface area contributed by atoms with Gasteiger partial charge in [-0.15, -0.1) is 0 Å². The van der Waals surface area contributed by atoms with Crippen LogP contribution in [-0.4, -0.2) is 88.6 Å². The van der Waals surface area contributed by atoms with Crippen molar-refractivity contribution >= 4 is 47.8 Å². The molecule has 0 unspecified atom stereocenters. The van der Waals surface area contributed by atoms with E-state index in [1.54, 1.807) is 0 Å². The molecule has 0 aromatic rings. The van der Waals surface area contributed by atoms with Crippen LogP contribution >= 0.6 is 0 Å². The van der Waals surface area contributed by atoms with Gasteiger partial charge in [0.05, 0.1) is 0 Å². The normalized spacial score (nSPS) is 20.1. The lowest BCUT2D eigenvalue weighted by molar-refractivity contribution is -0.215. The maximum atomic E-state index is 11.9. The van der Waals surface area contributed by atoms with Crippen molar-refractivity contribution in [1.29, 1.82) is 0 Å². The van der Waals surface area contributed by atoms with Crippen LogP contribution < -0.4 is 0 Å². The molecule has 16 nitrogen and oxygen atoms in total. The van der Waals surface area contributed by atoms with Crippen LogP contribution in [0.15, 0.2) is 0 Å². The average molecular weight is 422 g/mol. The Morgan fingerprint density at radius 3 is 0.655 bits per heavy atom. The van der Waals surface area contributed by atoms with E-state index in [-0.39, 0.29) is 0 Å². The maximum Gasteiger partial charge on any atom is 0.324 e. The van der Waals surface area contributed by atoms with Gasteiger partial charge in [-0.3, -0.25) is 38.4 Å². The standard InChI is InChI=1S/C13H10O16/c14-2(15)10(3(16)17)1-11(4(18)19,5(20)21)13(8(26)27,9(28)29)12(10,6(22)23)7(24)25/h1H2,(H,14,15)(H,16,17)(H,18,19)(H,20,21)(H,22,23)(H,24,25)(H,26,27)(H,28,29). The lowest BCUT2D eigenvalue weighted by Gasteiger charge is -2.41. The van der Waals surface area contributed by atoms with Gasteiger partial charge in [-0.2, -0.15) is 0 Å². The van der Waals surface area contributed by atoms with Gasteiger partial charge in [-0.1, -0.05) is 0 Å². The summed E-state index contributed by atoms with van der Waals surface area (Å²) >= 11 is 0. The van der Waals surface area contributed by atoms with Gasteiger partial charge in [0.2, 0.25) is 10.8 Å². The van der Waals surface area contributed by atoms with Gasteiger partial charge in [0.1, 0.15) is 0 Å². The van der Waals surface area contributed by atoms with Gasteiger partial charge in [0.15, 0.2) is 10.8 Å². The van der Waals surface area contributed by atoms with Crippen molar-refractivity contribution in [2.75, 3.05) is 0 Å². The topological polar surface area (TPSA) is 298 Å². The molecule has 1 fully saturated rings. The van der Waals surface area contributed by atoms with Crippen LogP contribution in [0.1, 0.15) is 6.42 Å². The van der Waals surface area contributed by atoms with Crippen molar-refractivity contribution in [2.45, 2.75) is 6.42 Å². The zero-order valence-electron chi connectivity index (χ0n) is 13.6. The largest absolute Gasteiger partial charge is 0.480 e. The predicted octanol–water partition coefficient (Wildman–Crippen LogP) is -2.99. The molecule has 158 valence electrons. The van der Waals surface area contributed by atoms with E-state index in [1.807, 2.05) is 0 Å². The van der Waals surface area contributed by atoms with Crippen molar-refractivity contribution in [3.63, 3.8) is 0 Å². The van der Waals surface area contributed by atoms with Crippen molar-refractivity contribution in [3.05, 3.63) is 0 Å². The molecule has 0 aliphatic heterocycles. The highest BCUT2D eigenvalue weighted by Crippen LogP contribution is 2.72. The number of carbonyl (C=O) groups is 8. The molecule has 0 heterocycles. The average Bonchev–Trinajstić information content (AvgIpc) is 2.82. The van der Waals surface area contributed by atoms with E-state index in [2.05, 4.69) is 0 Å². The Bertz CT molecular complexity index is 764. The number of rotatable bonds is 8. The van der Waals surface area contributed by atoms with Gasteiger partial charge in [0, 0.05) is 6.42 Å². The molecule has 1 saturated carbocycles. The molecule has 1 aliphatic carbocycles. The van der Waals surface area contributed by atoms with Crippen LogP contribution in [0.4, 0.5) is 0 Å². The summed E-state index contributed by atoms with van der Waals surface area (Å²) in [6.07, 6.45) is -2.54. The molecule has 1 aliphatic rings. The van der Waals surface area contributed by atoms with Crippen molar-refractivity contribution in [3.8, 4) is 0 Å². The quantitative estimate of drug-likeness (QED) is 0.181. The fraction of sp³-hybridized carbons (Fsp3) is 0.385. The molecule has 16 heteroatoms. The first-order valence-corrected chi connectivity index (χ1v) is 6.88. The summed E-state index contributed by atoms with van der Waals surface area (Å²) < 4.78 is 0. The van der Waals surface area contributed by atoms with E-state index in [1.165, 1.54) is 0 Å². The third-order valence-corrected chi connectivity index (χ3v) is 5.12. The van der Waals surface area contributed by atoms with Crippen molar-refractivity contribution in [1.82, 2.24) is 0 Å². The first-order valence-electron chi connectivity index (χ1n) is 6.88. The molecule has 0 aromatic carbocycles. The van der Waals surface area contributed by atoms with Crippen LogP contribution in [0.5, 0.6) is 0 Å². The Morgan fingerprint density at radius 1 is 0.379 bits per heavy atom. The van der Waals surface area contributed by atoms with Gasteiger partial charge < -0.3 is 40.9 Å². The second-order valence-electron chi connectivity index (χ2n) is 5.93. The lowest BCUT2D eigenvalue weighted by atomic mass is 9.51. The van der Waals surface area contributed by atoms with Crippen LogP contribution in [-0.2, 0) is 38.4 Å². The minimum atomic E-state index is -5.02. The molecule has 29 heavy (non-hydrogen) atoms. The van der Waals surface area contributed by atoms with Gasteiger partial charge >= 0.3 is 47.8 Å². The molecular formula is C13H10O16. The molecule has 0 spiro atoms. The molecule has 0 radical (unpaired) electrons. The second kappa shape index (κ2) is 6.14. The van der Waals surface area contributed by atoms with Gasteiger partial charge in [-0.25, -0.2) is 0 Å². The molecule has 0 aromatic heterocycles. The summed E-state index contributed by atoms with van der Waals surface area (Å²) in [7, 11) is 0.